The van der Waals surface area contributed by atoms with Crippen molar-refractivity contribution in [3.05, 3.63) is 313 Å². The Bertz CT molecular complexity index is 4140. The van der Waals surface area contributed by atoms with Gasteiger partial charge in [0.15, 0.2) is 0 Å². The van der Waals surface area contributed by atoms with Crippen LogP contribution < -0.4 is 9.80 Å². The van der Waals surface area contributed by atoms with Gasteiger partial charge in [-0.1, -0.05) is 245 Å². The summed E-state index contributed by atoms with van der Waals surface area (Å²) in [5.41, 5.74) is 30.7. The topological polar surface area (TPSA) is 6.48 Å². The second kappa shape index (κ2) is 21.7. The Morgan fingerprint density at radius 2 is 0.453 bits per heavy atom. The molecular formula is C84H68N2. The summed E-state index contributed by atoms with van der Waals surface area (Å²) in [5, 5.41) is 0. The van der Waals surface area contributed by atoms with Crippen LogP contribution in [0.1, 0.15) is 86.5 Å². The second-order valence-corrected chi connectivity index (χ2v) is 24.6. The maximum Gasteiger partial charge on any atom is 0.0465 e. The van der Waals surface area contributed by atoms with Crippen LogP contribution in [-0.2, 0) is 10.8 Å². The van der Waals surface area contributed by atoms with Gasteiger partial charge in [-0.15, -0.1) is 0 Å². The van der Waals surface area contributed by atoms with E-state index in [9.17, 15) is 0 Å². The van der Waals surface area contributed by atoms with Crippen molar-refractivity contribution < 1.29 is 0 Å². The highest BCUT2D eigenvalue weighted by Crippen LogP contribution is 2.59. The molecule has 0 N–H and O–H groups in total. The molecule has 0 radical (unpaired) electrons. The Balaban J connectivity index is 0.757. The summed E-state index contributed by atoms with van der Waals surface area (Å²) in [7, 11) is 0. The second-order valence-electron chi connectivity index (χ2n) is 24.6. The van der Waals surface area contributed by atoms with Crippen molar-refractivity contribution in [3.8, 4) is 77.9 Å². The quantitative estimate of drug-likeness (QED) is 0.127. The first-order valence-corrected chi connectivity index (χ1v) is 31.4. The zero-order valence-corrected chi connectivity index (χ0v) is 48.7. The van der Waals surface area contributed by atoms with Crippen molar-refractivity contribution in [3.63, 3.8) is 0 Å². The molecule has 12 aromatic rings. The average molecular weight is 1110 g/mol. The molecule has 2 nitrogen and oxygen atoms in total. The SMILES string of the molecule is c1ccc(-c2cccc(-c3ccc(N(c4ccc(-c5ccc(N(c6ccc(-c7cccc(-c8ccccc8)c7)cc6)c6ccc7c(c6)C6(CCCCC6)c6ccccc6-7)cc5)cc4)c4ccc5c(c4)C4(CCCCC4)c4ccccc4-5)cc3)c2)cc1. The zero-order valence-electron chi connectivity index (χ0n) is 48.7. The van der Waals surface area contributed by atoms with Gasteiger partial charge < -0.3 is 9.80 Å². The molecule has 0 bridgehead atoms. The molecule has 0 heterocycles. The largest absolute Gasteiger partial charge is 0.310 e. The van der Waals surface area contributed by atoms with Crippen LogP contribution in [0.4, 0.5) is 34.1 Å². The summed E-state index contributed by atoms with van der Waals surface area (Å²) < 4.78 is 0. The highest BCUT2D eigenvalue weighted by atomic mass is 15.1. The lowest BCUT2D eigenvalue weighted by molar-refractivity contribution is 0.353. The number of fused-ring (bicyclic) bond motifs is 10. The van der Waals surface area contributed by atoms with Crippen LogP contribution in [0.15, 0.2) is 291 Å². The molecule has 2 spiro atoms. The summed E-state index contributed by atoms with van der Waals surface area (Å²) in [5.74, 6) is 0. The van der Waals surface area contributed by atoms with Crippen LogP contribution in [0.5, 0.6) is 0 Å². The monoisotopic (exact) mass is 1100 g/mol. The van der Waals surface area contributed by atoms with E-state index in [4.69, 9.17) is 0 Å². The van der Waals surface area contributed by atoms with Gasteiger partial charge in [0.05, 0.1) is 0 Å². The summed E-state index contributed by atoms with van der Waals surface area (Å²) in [6, 6.07) is 109. The molecule has 86 heavy (non-hydrogen) atoms. The number of nitrogens with zero attached hydrogens (tertiary/aromatic N) is 2. The van der Waals surface area contributed by atoms with E-state index in [-0.39, 0.29) is 10.8 Å². The highest BCUT2D eigenvalue weighted by molar-refractivity contribution is 5.90. The van der Waals surface area contributed by atoms with Crippen molar-refractivity contribution in [1.29, 1.82) is 0 Å². The van der Waals surface area contributed by atoms with Crippen LogP contribution >= 0.6 is 0 Å². The Kier molecular flexibility index (Phi) is 13.1. The minimum absolute atomic E-state index is 0.0495. The van der Waals surface area contributed by atoms with Crippen molar-refractivity contribution in [2.24, 2.45) is 0 Å². The predicted octanol–water partition coefficient (Wildman–Crippen LogP) is 23.4. The summed E-state index contributed by atoms with van der Waals surface area (Å²) in [6.45, 7) is 0. The summed E-state index contributed by atoms with van der Waals surface area (Å²) >= 11 is 0. The Morgan fingerprint density at radius 3 is 0.802 bits per heavy atom. The number of hydrogen-bond donors (Lipinski definition) is 0. The molecule has 0 saturated heterocycles. The third kappa shape index (κ3) is 9.01. The minimum atomic E-state index is 0.0495. The number of rotatable bonds is 11. The zero-order chi connectivity index (χ0) is 57.0. The van der Waals surface area contributed by atoms with Crippen LogP contribution in [0.25, 0.3) is 77.9 Å². The van der Waals surface area contributed by atoms with Gasteiger partial charge in [0.1, 0.15) is 0 Å². The first kappa shape index (κ1) is 51.8. The molecule has 0 atom stereocenters. The van der Waals surface area contributed by atoms with Crippen LogP contribution in [-0.4, -0.2) is 0 Å². The van der Waals surface area contributed by atoms with E-state index < -0.39 is 0 Å². The lowest BCUT2D eigenvalue weighted by atomic mass is 9.68. The van der Waals surface area contributed by atoms with E-state index in [1.165, 1.54) is 176 Å². The third-order valence-corrected chi connectivity index (χ3v) is 19.9. The van der Waals surface area contributed by atoms with Crippen LogP contribution in [0, 0.1) is 0 Å². The molecule has 2 heteroatoms. The molecule has 16 rings (SSSR count). The van der Waals surface area contributed by atoms with E-state index in [1.54, 1.807) is 0 Å². The van der Waals surface area contributed by atoms with Crippen molar-refractivity contribution in [2.45, 2.75) is 75.0 Å². The van der Waals surface area contributed by atoms with E-state index in [0.717, 1.165) is 22.7 Å². The van der Waals surface area contributed by atoms with Gasteiger partial charge >= 0.3 is 0 Å². The fraction of sp³-hybridized carbons (Fsp3) is 0.143. The highest BCUT2D eigenvalue weighted by Gasteiger charge is 2.45. The molecule has 12 aromatic carbocycles. The average Bonchev–Trinajstić information content (AvgIpc) is 2.15. The Hall–Kier alpha value is -9.76. The predicted molar refractivity (Wildman–Crippen MR) is 362 cm³/mol. The van der Waals surface area contributed by atoms with Crippen LogP contribution in [0.3, 0.4) is 0 Å². The van der Waals surface area contributed by atoms with Gasteiger partial charge in [0.2, 0.25) is 0 Å². The van der Waals surface area contributed by atoms with E-state index in [2.05, 4.69) is 301 Å². The molecule has 4 aliphatic rings. The number of anilines is 6. The molecular weight excluding hydrogens is 1040 g/mol. The van der Waals surface area contributed by atoms with Gasteiger partial charge in [-0.05, 0) is 211 Å². The van der Waals surface area contributed by atoms with Gasteiger partial charge in [-0.25, -0.2) is 0 Å². The third-order valence-electron chi connectivity index (χ3n) is 19.9. The molecule has 2 saturated carbocycles. The van der Waals surface area contributed by atoms with Gasteiger partial charge in [-0.3, -0.25) is 0 Å². The number of benzene rings is 12. The van der Waals surface area contributed by atoms with Crippen LogP contribution in [0.2, 0.25) is 0 Å². The lowest BCUT2D eigenvalue weighted by Gasteiger charge is -2.36. The van der Waals surface area contributed by atoms with Crippen molar-refractivity contribution in [2.75, 3.05) is 9.80 Å². The first-order chi connectivity index (χ1) is 42.6. The van der Waals surface area contributed by atoms with E-state index in [1.807, 2.05) is 0 Å². The molecule has 4 aliphatic carbocycles. The fourth-order valence-corrected chi connectivity index (χ4v) is 15.7. The number of hydrogen-bond acceptors (Lipinski definition) is 2. The molecule has 0 aromatic heterocycles. The van der Waals surface area contributed by atoms with Gasteiger partial charge in [-0.2, -0.15) is 0 Å². The smallest absolute Gasteiger partial charge is 0.0465 e. The fourth-order valence-electron chi connectivity index (χ4n) is 15.7. The summed E-state index contributed by atoms with van der Waals surface area (Å²) in [4.78, 5) is 4.96. The minimum Gasteiger partial charge on any atom is -0.310 e. The molecule has 2 fully saturated rings. The molecule has 0 unspecified atom stereocenters. The Morgan fingerprint density at radius 1 is 0.186 bits per heavy atom. The lowest BCUT2D eigenvalue weighted by Crippen LogP contribution is -2.28. The first-order valence-electron chi connectivity index (χ1n) is 31.4. The molecule has 0 amide bonds. The van der Waals surface area contributed by atoms with Crippen molar-refractivity contribution in [1.82, 2.24) is 0 Å². The van der Waals surface area contributed by atoms with E-state index in [0.29, 0.717) is 0 Å². The molecule has 414 valence electrons. The van der Waals surface area contributed by atoms with Crippen molar-refractivity contribution >= 4 is 34.1 Å². The van der Waals surface area contributed by atoms with E-state index >= 15 is 0 Å². The normalized spacial score (nSPS) is 14.9. The Labute approximate surface area is 507 Å². The van der Waals surface area contributed by atoms with Gasteiger partial charge in [0.25, 0.3) is 0 Å². The maximum absolute atomic E-state index is 2.54. The molecule has 0 aliphatic heterocycles. The van der Waals surface area contributed by atoms with Gasteiger partial charge in [0, 0.05) is 45.0 Å². The summed E-state index contributed by atoms with van der Waals surface area (Å²) in [6.07, 6.45) is 12.4. The standard InChI is InChI=1S/C84H68N2/c1-5-19-59(20-6-1)65-23-17-25-67(55-65)63-35-43-71(44-36-63)85(73-47-49-77-75-27-9-11-29-79(75)83(81(77)57-73)51-13-3-14-52-83)69-39-31-61(32-40-69)62-33-41-70(42-34-62)86(72-45-37-64(38-46-72)68-26-18-24-66(56-68)60-21-7-2-8-22-60)74-48-50-78-76-28-10-12-30-80(76)84(82(78)58-74)53-15-4-16-54-84/h1-2,5-12,17-50,55-58H,3-4,13-16,51-54H2. The maximum atomic E-state index is 2.54.